The van der Waals surface area contributed by atoms with E-state index >= 15 is 0 Å². The molecule has 1 aliphatic heterocycles. The fraction of sp³-hybridized carbons (Fsp3) is 0.579. The van der Waals surface area contributed by atoms with Crippen LogP contribution in [0.4, 0.5) is 16.2 Å². The molecule has 7 nitrogen and oxygen atoms in total. The number of nitrogens with zero attached hydrogens (tertiary/aromatic N) is 2. The second-order valence-electron chi connectivity index (χ2n) is 7.12. The van der Waals surface area contributed by atoms with E-state index in [4.69, 9.17) is 5.11 Å². The largest absolute Gasteiger partial charge is 0.480 e. The van der Waals surface area contributed by atoms with Crippen molar-refractivity contribution in [3.63, 3.8) is 0 Å². The van der Waals surface area contributed by atoms with Crippen molar-refractivity contribution in [2.24, 2.45) is 0 Å². The lowest BCUT2D eigenvalue weighted by Gasteiger charge is -2.42. The van der Waals surface area contributed by atoms with Crippen molar-refractivity contribution in [1.82, 2.24) is 10.2 Å². The zero-order valence-electron chi connectivity index (χ0n) is 15.3. The molecule has 26 heavy (non-hydrogen) atoms. The standard InChI is InChI=1S/C19H28N4O3/c1-2-22(13-18(24)25)17-11-15(12-17)21-19(26)20-14-6-5-7-16(10-14)23-8-3-4-9-23/h5-7,10,15,17H,2-4,8-9,11-13H2,1H3,(H,24,25)(H2,20,21,26). The number of nitrogens with one attached hydrogen (secondary N) is 2. The van der Waals surface area contributed by atoms with Gasteiger partial charge in [0.1, 0.15) is 0 Å². The molecule has 7 heteroatoms. The minimum absolute atomic E-state index is 0.0589. The number of hydrogen-bond acceptors (Lipinski definition) is 4. The molecule has 3 N–H and O–H groups in total. The maximum atomic E-state index is 12.2. The average Bonchev–Trinajstić information content (AvgIpc) is 3.10. The molecule has 0 bridgehead atoms. The summed E-state index contributed by atoms with van der Waals surface area (Å²) in [5.41, 5.74) is 1.94. The minimum atomic E-state index is -0.807. The fourth-order valence-electron chi connectivity index (χ4n) is 3.78. The van der Waals surface area contributed by atoms with Gasteiger partial charge in [0.05, 0.1) is 6.54 Å². The summed E-state index contributed by atoms with van der Waals surface area (Å²) in [5.74, 6) is -0.807. The molecule has 1 saturated heterocycles. The third-order valence-electron chi connectivity index (χ3n) is 5.28. The second-order valence-corrected chi connectivity index (χ2v) is 7.12. The highest BCUT2D eigenvalue weighted by atomic mass is 16.4. The third-order valence-corrected chi connectivity index (χ3v) is 5.28. The molecule has 2 aliphatic rings. The van der Waals surface area contributed by atoms with Crippen LogP contribution in [0.25, 0.3) is 0 Å². The summed E-state index contributed by atoms with van der Waals surface area (Å²) in [4.78, 5) is 27.4. The van der Waals surface area contributed by atoms with Crippen LogP contribution in [0.5, 0.6) is 0 Å². The fourth-order valence-corrected chi connectivity index (χ4v) is 3.78. The molecule has 0 radical (unpaired) electrons. The number of rotatable bonds is 7. The Bertz CT molecular complexity index is 639. The van der Waals surface area contributed by atoms with Gasteiger partial charge in [-0.1, -0.05) is 13.0 Å². The van der Waals surface area contributed by atoms with E-state index in [-0.39, 0.29) is 24.7 Å². The van der Waals surface area contributed by atoms with E-state index in [1.165, 1.54) is 12.8 Å². The van der Waals surface area contributed by atoms with Crippen LogP contribution in [0.3, 0.4) is 0 Å². The lowest BCUT2D eigenvalue weighted by molar-refractivity contribution is -0.139. The van der Waals surface area contributed by atoms with Gasteiger partial charge in [0, 0.05) is 36.5 Å². The molecule has 0 spiro atoms. The minimum Gasteiger partial charge on any atom is -0.480 e. The highest BCUT2D eigenvalue weighted by molar-refractivity contribution is 5.90. The Hall–Kier alpha value is -2.28. The van der Waals surface area contributed by atoms with Crippen LogP contribution in [0, 0.1) is 0 Å². The molecule has 0 aromatic heterocycles. The molecule has 1 aliphatic carbocycles. The van der Waals surface area contributed by atoms with Crippen molar-refractivity contribution in [3.05, 3.63) is 24.3 Å². The highest BCUT2D eigenvalue weighted by Crippen LogP contribution is 2.26. The number of anilines is 2. The maximum absolute atomic E-state index is 12.2. The Balaban J connectivity index is 1.45. The van der Waals surface area contributed by atoms with Crippen LogP contribution in [-0.4, -0.2) is 60.3 Å². The average molecular weight is 360 g/mol. The van der Waals surface area contributed by atoms with Crippen LogP contribution in [-0.2, 0) is 4.79 Å². The van der Waals surface area contributed by atoms with Gasteiger partial charge in [0.15, 0.2) is 0 Å². The van der Waals surface area contributed by atoms with Crippen LogP contribution in [0.1, 0.15) is 32.6 Å². The second kappa shape index (κ2) is 8.40. The quantitative estimate of drug-likeness (QED) is 0.695. The van der Waals surface area contributed by atoms with E-state index in [1.54, 1.807) is 0 Å². The van der Waals surface area contributed by atoms with Gasteiger partial charge in [-0.2, -0.15) is 0 Å². The summed E-state index contributed by atoms with van der Waals surface area (Å²) in [7, 11) is 0. The summed E-state index contributed by atoms with van der Waals surface area (Å²) in [6.07, 6.45) is 4.03. The molecule has 1 aromatic rings. The first kappa shape index (κ1) is 18.5. The lowest BCUT2D eigenvalue weighted by atomic mass is 9.85. The maximum Gasteiger partial charge on any atom is 0.319 e. The predicted octanol–water partition coefficient (Wildman–Crippen LogP) is 2.35. The number of aliphatic carboxylic acids is 1. The zero-order valence-corrected chi connectivity index (χ0v) is 15.3. The van der Waals surface area contributed by atoms with Gasteiger partial charge >= 0.3 is 12.0 Å². The molecule has 1 heterocycles. The van der Waals surface area contributed by atoms with Crippen LogP contribution in [0.15, 0.2) is 24.3 Å². The summed E-state index contributed by atoms with van der Waals surface area (Å²) in [6, 6.07) is 8.09. The SMILES string of the molecule is CCN(CC(=O)O)C1CC(NC(=O)Nc2cccc(N3CCCC3)c2)C1. The highest BCUT2D eigenvalue weighted by Gasteiger charge is 2.34. The van der Waals surface area contributed by atoms with Crippen LogP contribution < -0.4 is 15.5 Å². The third kappa shape index (κ3) is 4.66. The normalized spacial score (nSPS) is 22.2. The number of carboxylic acids is 1. The van der Waals surface area contributed by atoms with Crippen molar-refractivity contribution in [3.8, 4) is 0 Å². The van der Waals surface area contributed by atoms with Gasteiger partial charge in [0.25, 0.3) is 0 Å². The van der Waals surface area contributed by atoms with E-state index < -0.39 is 5.97 Å². The Kier molecular flexibility index (Phi) is 5.98. The van der Waals surface area contributed by atoms with Gasteiger partial charge in [-0.3, -0.25) is 9.69 Å². The molecule has 142 valence electrons. The molecular formula is C19H28N4O3. The molecule has 2 fully saturated rings. The number of amides is 2. The summed E-state index contributed by atoms with van der Waals surface area (Å²) >= 11 is 0. The number of urea groups is 1. The summed E-state index contributed by atoms with van der Waals surface area (Å²) in [6.45, 7) is 4.87. The van der Waals surface area contributed by atoms with E-state index in [2.05, 4.69) is 21.6 Å². The summed E-state index contributed by atoms with van der Waals surface area (Å²) < 4.78 is 0. The number of carboxylic acid groups (broad SMARTS) is 1. The van der Waals surface area contributed by atoms with Crippen LogP contribution in [0.2, 0.25) is 0 Å². The van der Waals surface area contributed by atoms with Crippen molar-refractivity contribution >= 4 is 23.4 Å². The smallest absolute Gasteiger partial charge is 0.319 e. The van der Waals surface area contributed by atoms with Gasteiger partial charge in [-0.15, -0.1) is 0 Å². The molecule has 0 atom stereocenters. The van der Waals surface area contributed by atoms with Gasteiger partial charge in [-0.05, 0) is 50.4 Å². The van der Waals surface area contributed by atoms with Crippen molar-refractivity contribution in [2.45, 2.75) is 44.7 Å². The Morgan fingerprint density at radius 3 is 2.65 bits per heavy atom. The van der Waals surface area contributed by atoms with E-state index in [0.29, 0.717) is 6.54 Å². The molecule has 0 unspecified atom stereocenters. The monoisotopic (exact) mass is 360 g/mol. The number of hydrogen-bond donors (Lipinski definition) is 3. The Morgan fingerprint density at radius 1 is 1.27 bits per heavy atom. The first-order valence-electron chi connectivity index (χ1n) is 9.43. The molecule has 1 saturated carbocycles. The van der Waals surface area contributed by atoms with E-state index in [1.807, 2.05) is 30.0 Å². The van der Waals surface area contributed by atoms with Crippen LogP contribution >= 0.6 is 0 Å². The number of likely N-dealkylation sites (N-methyl/N-ethyl adjacent to an activating group) is 1. The number of carbonyl (C=O) groups excluding carboxylic acids is 1. The molecule has 3 rings (SSSR count). The van der Waals surface area contributed by atoms with E-state index in [0.717, 1.165) is 37.3 Å². The topological polar surface area (TPSA) is 84.9 Å². The van der Waals surface area contributed by atoms with Gasteiger partial charge < -0.3 is 20.6 Å². The summed E-state index contributed by atoms with van der Waals surface area (Å²) in [5, 5.41) is 14.8. The number of carbonyl (C=O) groups is 2. The van der Waals surface area contributed by atoms with Gasteiger partial charge in [-0.25, -0.2) is 4.79 Å². The van der Waals surface area contributed by atoms with Gasteiger partial charge in [0.2, 0.25) is 0 Å². The first-order valence-corrected chi connectivity index (χ1v) is 9.43. The first-order chi connectivity index (χ1) is 12.5. The molecule has 2 amide bonds. The Morgan fingerprint density at radius 2 is 2.00 bits per heavy atom. The number of benzene rings is 1. The molecular weight excluding hydrogens is 332 g/mol. The molecule has 1 aromatic carbocycles. The lowest BCUT2D eigenvalue weighted by Crippen LogP contribution is -2.55. The zero-order chi connectivity index (χ0) is 18.5. The van der Waals surface area contributed by atoms with E-state index in [9.17, 15) is 9.59 Å². The van der Waals surface area contributed by atoms with Crippen molar-refractivity contribution in [2.75, 3.05) is 36.4 Å². The predicted molar refractivity (Wildman–Crippen MR) is 102 cm³/mol. The van der Waals surface area contributed by atoms with Crippen molar-refractivity contribution in [1.29, 1.82) is 0 Å². The Labute approximate surface area is 154 Å². The van der Waals surface area contributed by atoms with Crippen molar-refractivity contribution < 1.29 is 14.7 Å².